The van der Waals surface area contributed by atoms with Crippen molar-refractivity contribution in [1.29, 1.82) is 0 Å². The monoisotopic (exact) mass is 293 g/mol. The van der Waals surface area contributed by atoms with E-state index in [1.165, 1.54) is 5.56 Å². The van der Waals surface area contributed by atoms with Crippen LogP contribution in [0.15, 0.2) is 59.1 Å². The van der Waals surface area contributed by atoms with Crippen LogP contribution in [0.3, 0.4) is 0 Å². The fourth-order valence-corrected chi connectivity index (χ4v) is 2.42. The minimum atomic E-state index is 0.386. The van der Waals surface area contributed by atoms with Crippen molar-refractivity contribution < 1.29 is 9.26 Å². The molecule has 22 heavy (non-hydrogen) atoms. The predicted molar refractivity (Wildman–Crippen MR) is 87.3 cm³/mol. The molecule has 3 nitrogen and oxygen atoms in total. The lowest BCUT2D eigenvalue weighted by atomic mass is 10.0. The number of aryl methyl sites for hydroxylation is 1. The first kappa shape index (κ1) is 14.4. The summed E-state index contributed by atoms with van der Waals surface area (Å²) in [5.74, 6) is 2.59. The molecular formula is C19H19NO2. The first-order chi connectivity index (χ1) is 10.7. The van der Waals surface area contributed by atoms with Crippen molar-refractivity contribution in [3.63, 3.8) is 0 Å². The van der Waals surface area contributed by atoms with E-state index < -0.39 is 0 Å². The van der Waals surface area contributed by atoms with Crippen LogP contribution < -0.4 is 4.74 Å². The third-order valence-electron chi connectivity index (χ3n) is 3.61. The average molecular weight is 293 g/mol. The first-order valence-corrected chi connectivity index (χ1v) is 7.45. The lowest BCUT2D eigenvalue weighted by Crippen LogP contribution is -1.94. The lowest BCUT2D eigenvalue weighted by Gasteiger charge is -2.13. The van der Waals surface area contributed by atoms with Crippen molar-refractivity contribution in [2.45, 2.75) is 26.7 Å². The van der Waals surface area contributed by atoms with E-state index in [9.17, 15) is 0 Å². The number of ether oxygens (including phenoxy) is 1. The number of benzene rings is 2. The van der Waals surface area contributed by atoms with Crippen molar-refractivity contribution in [2.24, 2.45) is 0 Å². The molecule has 0 spiro atoms. The normalized spacial score (nSPS) is 10.9. The second-order valence-corrected chi connectivity index (χ2v) is 5.58. The van der Waals surface area contributed by atoms with Gasteiger partial charge in [-0.3, -0.25) is 0 Å². The number of rotatable bonds is 4. The van der Waals surface area contributed by atoms with Gasteiger partial charge in [-0.2, -0.15) is 0 Å². The summed E-state index contributed by atoms with van der Waals surface area (Å²) in [6, 6.07) is 18.0. The molecule has 0 amide bonds. The molecule has 0 aliphatic heterocycles. The number of nitrogens with zero attached hydrogens (tertiary/aromatic N) is 1. The SMILES string of the molecule is Cc1onc(-c2ccccc2)c1Oc1ccccc1C(C)C. The Morgan fingerprint density at radius 2 is 1.64 bits per heavy atom. The van der Waals surface area contributed by atoms with Gasteiger partial charge in [-0.15, -0.1) is 0 Å². The summed E-state index contributed by atoms with van der Waals surface area (Å²) in [6.07, 6.45) is 0. The van der Waals surface area contributed by atoms with Crippen molar-refractivity contribution in [3.8, 4) is 22.8 Å². The highest BCUT2D eigenvalue weighted by Gasteiger charge is 2.18. The second kappa shape index (κ2) is 6.06. The molecule has 1 heterocycles. The Hall–Kier alpha value is -2.55. The fraction of sp³-hybridized carbons (Fsp3) is 0.211. The maximum absolute atomic E-state index is 6.17. The largest absolute Gasteiger partial charge is 0.451 e. The molecule has 1 aromatic heterocycles. The molecule has 0 bridgehead atoms. The van der Waals surface area contributed by atoms with Crippen molar-refractivity contribution in [2.75, 3.05) is 0 Å². The maximum atomic E-state index is 6.17. The first-order valence-electron chi connectivity index (χ1n) is 7.45. The summed E-state index contributed by atoms with van der Waals surface area (Å²) < 4.78 is 11.5. The van der Waals surface area contributed by atoms with Gasteiger partial charge in [0, 0.05) is 12.5 Å². The molecule has 3 heteroatoms. The Morgan fingerprint density at radius 3 is 2.36 bits per heavy atom. The van der Waals surface area contributed by atoms with Crippen LogP contribution in [0, 0.1) is 6.92 Å². The van der Waals surface area contributed by atoms with Crippen LogP contribution in [0.1, 0.15) is 31.1 Å². The van der Waals surface area contributed by atoms with Gasteiger partial charge in [0.05, 0.1) is 0 Å². The fourth-order valence-electron chi connectivity index (χ4n) is 2.42. The summed E-state index contributed by atoms with van der Waals surface area (Å²) in [5.41, 5.74) is 2.88. The quantitative estimate of drug-likeness (QED) is 0.631. The van der Waals surface area contributed by atoms with E-state index in [-0.39, 0.29) is 0 Å². The van der Waals surface area contributed by atoms with Crippen molar-refractivity contribution >= 4 is 0 Å². The van der Waals surface area contributed by atoms with Crippen LogP contribution in [0.4, 0.5) is 0 Å². The van der Waals surface area contributed by atoms with Crippen LogP contribution in [-0.4, -0.2) is 5.16 Å². The summed E-state index contributed by atoms with van der Waals surface area (Å²) in [5, 5.41) is 4.16. The van der Waals surface area contributed by atoms with Crippen LogP contribution in [0.5, 0.6) is 11.5 Å². The minimum Gasteiger partial charge on any atom is -0.451 e. The average Bonchev–Trinajstić information content (AvgIpc) is 2.90. The Morgan fingerprint density at radius 1 is 0.955 bits per heavy atom. The van der Waals surface area contributed by atoms with E-state index in [2.05, 4.69) is 25.1 Å². The predicted octanol–water partition coefficient (Wildman–Crippen LogP) is 5.57. The van der Waals surface area contributed by atoms with E-state index in [4.69, 9.17) is 9.26 Å². The van der Waals surface area contributed by atoms with Crippen LogP contribution in [0.25, 0.3) is 11.3 Å². The Labute approximate surface area is 130 Å². The molecule has 0 saturated heterocycles. The van der Waals surface area contributed by atoms with Crippen LogP contribution in [0.2, 0.25) is 0 Å². The van der Waals surface area contributed by atoms with Gasteiger partial charge in [-0.1, -0.05) is 67.5 Å². The summed E-state index contributed by atoms with van der Waals surface area (Å²) in [4.78, 5) is 0. The van der Waals surface area contributed by atoms with Crippen LogP contribution >= 0.6 is 0 Å². The molecule has 2 aromatic carbocycles. The molecule has 3 aromatic rings. The second-order valence-electron chi connectivity index (χ2n) is 5.58. The Balaban J connectivity index is 2.02. The number of aromatic nitrogens is 1. The van der Waals surface area contributed by atoms with E-state index in [1.54, 1.807) is 0 Å². The molecule has 0 aliphatic rings. The summed E-state index contributed by atoms with van der Waals surface area (Å²) in [6.45, 7) is 6.17. The number of para-hydroxylation sites is 1. The smallest absolute Gasteiger partial charge is 0.197 e. The zero-order valence-corrected chi connectivity index (χ0v) is 13.0. The third kappa shape index (κ3) is 2.75. The molecule has 0 fully saturated rings. The number of hydrogen-bond donors (Lipinski definition) is 0. The molecule has 112 valence electrons. The van der Waals surface area contributed by atoms with Crippen molar-refractivity contribution in [1.82, 2.24) is 5.16 Å². The molecule has 0 radical (unpaired) electrons. The summed E-state index contributed by atoms with van der Waals surface area (Å²) >= 11 is 0. The zero-order valence-electron chi connectivity index (χ0n) is 13.0. The third-order valence-corrected chi connectivity index (χ3v) is 3.61. The molecule has 0 aliphatic carbocycles. The van der Waals surface area contributed by atoms with E-state index in [1.807, 2.05) is 55.5 Å². The highest BCUT2D eigenvalue weighted by Crippen LogP contribution is 2.38. The molecule has 0 unspecified atom stereocenters. The van der Waals surface area contributed by atoms with Crippen LogP contribution in [-0.2, 0) is 0 Å². The van der Waals surface area contributed by atoms with Gasteiger partial charge in [0.25, 0.3) is 0 Å². The Kier molecular flexibility index (Phi) is 3.96. The van der Waals surface area contributed by atoms with E-state index in [0.717, 1.165) is 17.0 Å². The zero-order chi connectivity index (χ0) is 15.5. The van der Waals surface area contributed by atoms with Gasteiger partial charge in [-0.25, -0.2) is 0 Å². The molecule has 0 atom stereocenters. The molecule has 0 N–H and O–H groups in total. The topological polar surface area (TPSA) is 35.3 Å². The molecule has 3 rings (SSSR count). The highest BCUT2D eigenvalue weighted by molar-refractivity contribution is 5.67. The van der Waals surface area contributed by atoms with Gasteiger partial charge in [0.1, 0.15) is 5.75 Å². The number of hydrogen-bond acceptors (Lipinski definition) is 3. The van der Waals surface area contributed by atoms with Gasteiger partial charge in [-0.05, 0) is 17.5 Å². The Bertz CT molecular complexity index is 760. The molecular weight excluding hydrogens is 274 g/mol. The molecule has 0 saturated carbocycles. The van der Waals surface area contributed by atoms with Crippen molar-refractivity contribution in [3.05, 3.63) is 65.9 Å². The van der Waals surface area contributed by atoms with E-state index >= 15 is 0 Å². The van der Waals surface area contributed by atoms with Gasteiger partial charge in [0.15, 0.2) is 17.2 Å². The van der Waals surface area contributed by atoms with Gasteiger partial charge >= 0.3 is 0 Å². The maximum Gasteiger partial charge on any atom is 0.197 e. The lowest BCUT2D eigenvalue weighted by molar-refractivity contribution is 0.386. The summed E-state index contributed by atoms with van der Waals surface area (Å²) in [7, 11) is 0. The standard InChI is InChI=1S/C19H19NO2/c1-13(2)16-11-7-8-12-17(16)21-19-14(3)22-20-18(19)15-9-5-4-6-10-15/h4-13H,1-3H3. The minimum absolute atomic E-state index is 0.386. The highest BCUT2D eigenvalue weighted by atomic mass is 16.5. The van der Waals surface area contributed by atoms with Gasteiger partial charge in [0.2, 0.25) is 0 Å². The van der Waals surface area contributed by atoms with Gasteiger partial charge < -0.3 is 9.26 Å². The van der Waals surface area contributed by atoms with E-state index in [0.29, 0.717) is 17.4 Å².